The fourth-order valence-corrected chi connectivity index (χ4v) is 3.58. The molecule has 2 aromatic heterocycles. The van der Waals surface area contributed by atoms with Gasteiger partial charge in [-0.25, -0.2) is 4.39 Å². The van der Waals surface area contributed by atoms with Crippen molar-refractivity contribution in [3.8, 4) is 11.3 Å². The zero-order valence-corrected chi connectivity index (χ0v) is 16.3. The number of rotatable bonds is 5. The molecule has 1 fully saturated rings. The summed E-state index contributed by atoms with van der Waals surface area (Å²) < 4.78 is 13.0. The van der Waals surface area contributed by atoms with Gasteiger partial charge in [0, 0.05) is 37.6 Å². The molecule has 1 aromatic carbocycles. The number of aromatic amines is 1. The van der Waals surface area contributed by atoms with Gasteiger partial charge in [0.25, 0.3) is 5.91 Å². The molecule has 0 aliphatic carbocycles. The fraction of sp³-hybridized carbons (Fsp3) is 0.273. The summed E-state index contributed by atoms with van der Waals surface area (Å²) in [4.78, 5) is 31.2. The predicted molar refractivity (Wildman–Crippen MR) is 109 cm³/mol. The lowest BCUT2D eigenvalue weighted by Gasteiger charge is -2.31. The Morgan fingerprint density at radius 2 is 2.07 bits per heavy atom. The molecule has 3 heterocycles. The molecule has 1 aliphatic rings. The van der Waals surface area contributed by atoms with Crippen LogP contribution in [0.15, 0.2) is 54.9 Å². The molecular formula is C22H22FN5O2. The molecule has 8 heteroatoms. The Balaban J connectivity index is 1.36. The van der Waals surface area contributed by atoms with E-state index in [0.29, 0.717) is 31.0 Å². The van der Waals surface area contributed by atoms with E-state index < -0.39 is 0 Å². The number of amides is 2. The third-order valence-electron chi connectivity index (χ3n) is 5.22. The Morgan fingerprint density at radius 3 is 2.83 bits per heavy atom. The van der Waals surface area contributed by atoms with Crippen LogP contribution in [0.4, 0.5) is 4.39 Å². The molecule has 2 amide bonds. The Morgan fingerprint density at radius 1 is 1.23 bits per heavy atom. The molecule has 3 aromatic rings. The van der Waals surface area contributed by atoms with E-state index in [-0.39, 0.29) is 23.5 Å². The van der Waals surface area contributed by atoms with Crippen molar-refractivity contribution in [2.45, 2.75) is 19.4 Å². The Hall–Kier alpha value is -3.55. The number of benzene rings is 1. The predicted octanol–water partition coefficient (Wildman–Crippen LogP) is 2.78. The molecule has 0 spiro atoms. The third-order valence-corrected chi connectivity index (χ3v) is 5.22. The average molecular weight is 407 g/mol. The van der Waals surface area contributed by atoms with Gasteiger partial charge < -0.3 is 10.2 Å². The number of pyridine rings is 1. The number of halogens is 1. The first-order valence-electron chi connectivity index (χ1n) is 9.87. The van der Waals surface area contributed by atoms with Crippen molar-refractivity contribution in [1.82, 2.24) is 25.4 Å². The summed E-state index contributed by atoms with van der Waals surface area (Å²) in [5.41, 5.74) is 2.69. The number of aromatic nitrogens is 3. The van der Waals surface area contributed by atoms with E-state index in [1.54, 1.807) is 35.5 Å². The molecule has 0 unspecified atom stereocenters. The minimum Gasteiger partial charge on any atom is -0.352 e. The van der Waals surface area contributed by atoms with Gasteiger partial charge >= 0.3 is 0 Å². The minimum atomic E-state index is -0.308. The van der Waals surface area contributed by atoms with Crippen LogP contribution >= 0.6 is 0 Å². The monoisotopic (exact) mass is 407 g/mol. The maximum atomic E-state index is 13.0. The first-order valence-corrected chi connectivity index (χ1v) is 9.87. The highest BCUT2D eigenvalue weighted by Crippen LogP contribution is 2.21. The normalized spacial score (nSPS) is 16.3. The third kappa shape index (κ3) is 4.53. The quantitative estimate of drug-likeness (QED) is 0.680. The van der Waals surface area contributed by atoms with Crippen LogP contribution in [0, 0.1) is 11.7 Å². The van der Waals surface area contributed by atoms with Gasteiger partial charge in [0.15, 0.2) is 0 Å². The molecule has 2 N–H and O–H groups in total. The van der Waals surface area contributed by atoms with Crippen LogP contribution in [-0.2, 0) is 11.3 Å². The largest absolute Gasteiger partial charge is 0.352 e. The Bertz CT molecular complexity index is 1020. The highest BCUT2D eigenvalue weighted by Gasteiger charge is 2.29. The highest BCUT2D eigenvalue weighted by atomic mass is 19.1. The number of carbonyl (C=O) groups excluding carboxylic acids is 2. The van der Waals surface area contributed by atoms with E-state index in [1.807, 2.05) is 12.1 Å². The molecule has 1 atom stereocenters. The van der Waals surface area contributed by atoms with Crippen LogP contribution in [0.2, 0.25) is 0 Å². The first-order chi connectivity index (χ1) is 14.6. The molecule has 154 valence electrons. The molecular weight excluding hydrogens is 385 g/mol. The summed E-state index contributed by atoms with van der Waals surface area (Å²) in [5, 5.41) is 9.89. The van der Waals surface area contributed by atoms with E-state index in [1.165, 1.54) is 12.1 Å². The number of nitrogens with zero attached hydrogens (tertiary/aromatic N) is 3. The van der Waals surface area contributed by atoms with Crippen molar-refractivity contribution in [1.29, 1.82) is 0 Å². The lowest BCUT2D eigenvalue weighted by Crippen LogP contribution is -2.45. The number of likely N-dealkylation sites (tertiary alicyclic amines) is 1. The van der Waals surface area contributed by atoms with Crippen molar-refractivity contribution < 1.29 is 14.0 Å². The van der Waals surface area contributed by atoms with Gasteiger partial charge in [-0.3, -0.25) is 19.7 Å². The van der Waals surface area contributed by atoms with Crippen LogP contribution in [0.25, 0.3) is 11.3 Å². The van der Waals surface area contributed by atoms with Gasteiger partial charge in [-0.1, -0.05) is 12.1 Å². The van der Waals surface area contributed by atoms with Crippen LogP contribution in [0.1, 0.15) is 28.9 Å². The second-order valence-electron chi connectivity index (χ2n) is 7.34. The zero-order chi connectivity index (χ0) is 20.9. The molecule has 4 rings (SSSR count). The van der Waals surface area contributed by atoms with Crippen LogP contribution < -0.4 is 5.32 Å². The summed E-state index contributed by atoms with van der Waals surface area (Å²) in [6.45, 7) is 1.29. The number of hydrogen-bond acceptors (Lipinski definition) is 4. The summed E-state index contributed by atoms with van der Waals surface area (Å²) >= 11 is 0. The standard InChI is InChI=1S/C22H22FN5O2/c23-18-7-5-15(6-8-18)12-25-21(29)17-4-2-10-28(14-17)22(30)20-11-19(26-27-20)16-3-1-9-24-13-16/h1,3,5-9,11,13,17H,2,4,10,12,14H2,(H,25,29)(H,26,27)/t17-/m0/s1. The summed E-state index contributed by atoms with van der Waals surface area (Å²) in [6.07, 6.45) is 4.84. The zero-order valence-electron chi connectivity index (χ0n) is 16.3. The van der Waals surface area contributed by atoms with Crippen LogP contribution in [0.5, 0.6) is 0 Å². The average Bonchev–Trinajstić information content (AvgIpc) is 3.29. The van der Waals surface area contributed by atoms with Gasteiger partial charge in [-0.05, 0) is 48.7 Å². The molecule has 0 bridgehead atoms. The molecule has 7 nitrogen and oxygen atoms in total. The Labute approximate surface area is 173 Å². The maximum Gasteiger partial charge on any atom is 0.271 e. The Kier molecular flexibility index (Phi) is 5.83. The molecule has 30 heavy (non-hydrogen) atoms. The fourth-order valence-electron chi connectivity index (χ4n) is 3.58. The smallest absolute Gasteiger partial charge is 0.271 e. The number of carbonyl (C=O) groups is 2. The van der Waals surface area contributed by atoms with Gasteiger partial charge in [0.05, 0.1) is 11.6 Å². The van der Waals surface area contributed by atoms with Gasteiger partial charge in [0.2, 0.25) is 5.91 Å². The number of H-pyrrole nitrogens is 1. The van der Waals surface area contributed by atoms with Gasteiger partial charge in [-0.2, -0.15) is 5.10 Å². The van der Waals surface area contributed by atoms with Crippen molar-refractivity contribution in [2.75, 3.05) is 13.1 Å². The van der Waals surface area contributed by atoms with Gasteiger partial charge in [-0.15, -0.1) is 0 Å². The van der Waals surface area contributed by atoms with E-state index in [2.05, 4.69) is 20.5 Å². The minimum absolute atomic E-state index is 0.0996. The molecule has 1 saturated heterocycles. The van der Waals surface area contributed by atoms with Gasteiger partial charge in [0.1, 0.15) is 11.5 Å². The van der Waals surface area contributed by atoms with Crippen molar-refractivity contribution in [3.63, 3.8) is 0 Å². The second kappa shape index (κ2) is 8.86. The van der Waals surface area contributed by atoms with E-state index in [0.717, 1.165) is 24.0 Å². The summed E-state index contributed by atoms with van der Waals surface area (Å²) in [7, 11) is 0. The van der Waals surface area contributed by atoms with Crippen molar-refractivity contribution in [3.05, 3.63) is 71.9 Å². The topological polar surface area (TPSA) is 91.0 Å². The lowest BCUT2D eigenvalue weighted by atomic mass is 9.96. The maximum absolute atomic E-state index is 13.0. The van der Waals surface area contributed by atoms with Crippen LogP contribution in [0.3, 0.4) is 0 Å². The van der Waals surface area contributed by atoms with Crippen molar-refractivity contribution >= 4 is 11.8 Å². The first kappa shape index (κ1) is 19.8. The molecule has 1 aliphatic heterocycles. The molecule has 0 saturated carbocycles. The lowest BCUT2D eigenvalue weighted by molar-refractivity contribution is -0.126. The van der Waals surface area contributed by atoms with E-state index in [4.69, 9.17) is 0 Å². The van der Waals surface area contributed by atoms with Crippen LogP contribution in [-0.4, -0.2) is 45.0 Å². The summed E-state index contributed by atoms with van der Waals surface area (Å²) in [6, 6.07) is 11.4. The second-order valence-corrected chi connectivity index (χ2v) is 7.34. The number of nitrogens with one attached hydrogen (secondary N) is 2. The SMILES string of the molecule is O=C(NCc1ccc(F)cc1)[C@H]1CCCN(C(=O)c2cc(-c3cccnc3)n[nH]2)C1. The highest BCUT2D eigenvalue weighted by molar-refractivity contribution is 5.94. The number of hydrogen-bond donors (Lipinski definition) is 2. The van der Waals surface area contributed by atoms with E-state index in [9.17, 15) is 14.0 Å². The number of piperidine rings is 1. The molecule has 0 radical (unpaired) electrons. The van der Waals surface area contributed by atoms with Crippen molar-refractivity contribution in [2.24, 2.45) is 5.92 Å². The summed E-state index contributed by atoms with van der Waals surface area (Å²) in [5.74, 6) is -0.855. The van der Waals surface area contributed by atoms with E-state index >= 15 is 0 Å².